The van der Waals surface area contributed by atoms with Gasteiger partial charge in [-0.15, -0.1) is 13.2 Å². The van der Waals surface area contributed by atoms with Crippen molar-refractivity contribution >= 4 is 0 Å². The number of hydrogen-bond acceptors (Lipinski definition) is 1. The first-order chi connectivity index (χ1) is 6.79. The number of rotatable bonds is 8. The summed E-state index contributed by atoms with van der Waals surface area (Å²) in [4.78, 5) is 2.58. The van der Waals surface area contributed by atoms with E-state index in [4.69, 9.17) is 0 Å². The molecule has 1 atom stereocenters. The molecule has 0 saturated carbocycles. The Morgan fingerprint density at radius 2 is 1.86 bits per heavy atom. The molecule has 1 aliphatic rings. The molecular formula is C13H23N. The van der Waals surface area contributed by atoms with Gasteiger partial charge in [-0.25, -0.2) is 0 Å². The van der Waals surface area contributed by atoms with E-state index in [2.05, 4.69) is 25.0 Å². The molecule has 0 aliphatic carbocycles. The number of hydrogen-bond donors (Lipinski definition) is 0. The molecule has 1 heteroatoms. The summed E-state index contributed by atoms with van der Waals surface area (Å²) in [6.07, 6.45) is 10.3. The highest BCUT2D eigenvalue weighted by Crippen LogP contribution is 2.39. The van der Waals surface area contributed by atoms with Gasteiger partial charge in [0.25, 0.3) is 0 Å². The summed E-state index contributed by atoms with van der Waals surface area (Å²) < 4.78 is 0. The van der Waals surface area contributed by atoms with Crippen LogP contribution < -0.4 is 0 Å². The normalized spacial score (nSPS) is 23.1. The highest BCUT2D eigenvalue weighted by atomic mass is 15.4. The molecule has 0 radical (unpaired) electrons. The predicted octanol–water partition coefficient (Wildman–Crippen LogP) is 3.38. The maximum absolute atomic E-state index is 3.84. The molecule has 1 unspecified atom stereocenters. The fourth-order valence-electron chi connectivity index (χ4n) is 2.20. The van der Waals surface area contributed by atoms with Crippen molar-refractivity contribution in [3.8, 4) is 0 Å². The molecule has 1 rings (SSSR count). The van der Waals surface area contributed by atoms with Gasteiger partial charge in [-0.3, -0.25) is 4.90 Å². The number of nitrogens with zero attached hydrogens (tertiary/aromatic N) is 1. The van der Waals surface area contributed by atoms with Crippen LogP contribution in [-0.4, -0.2) is 23.5 Å². The minimum Gasteiger partial charge on any atom is -0.294 e. The first-order valence-corrected chi connectivity index (χ1v) is 5.76. The van der Waals surface area contributed by atoms with Crippen LogP contribution in [0.2, 0.25) is 0 Å². The highest BCUT2D eigenvalue weighted by Gasteiger charge is 2.48. The Hall–Kier alpha value is -0.560. The van der Waals surface area contributed by atoms with Gasteiger partial charge in [0.15, 0.2) is 0 Å². The molecule has 80 valence electrons. The van der Waals surface area contributed by atoms with Gasteiger partial charge in [0, 0.05) is 12.1 Å². The summed E-state index contributed by atoms with van der Waals surface area (Å²) >= 11 is 0. The van der Waals surface area contributed by atoms with Crippen LogP contribution in [0, 0.1) is 0 Å². The largest absolute Gasteiger partial charge is 0.294 e. The van der Waals surface area contributed by atoms with Crippen molar-refractivity contribution in [2.75, 3.05) is 13.1 Å². The zero-order chi connectivity index (χ0) is 10.4. The Labute approximate surface area is 88.5 Å². The molecule has 0 amide bonds. The maximum atomic E-state index is 3.84. The van der Waals surface area contributed by atoms with Crippen molar-refractivity contribution in [3.05, 3.63) is 25.3 Å². The molecule has 0 bridgehead atoms. The van der Waals surface area contributed by atoms with Gasteiger partial charge in [-0.05, 0) is 25.8 Å². The Morgan fingerprint density at radius 3 is 2.36 bits per heavy atom. The zero-order valence-corrected chi connectivity index (χ0v) is 9.47. The lowest BCUT2D eigenvalue weighted by Gasteiger charge is -2.13. The molecule has 1 saturated heterocycles. The van der Waals surface area contributed by atoms with E-state index in [9.17, 15) is 0 Å². The summed E-state index contributed by atoms with van der Waals surface area (Å²) in [6, 6.07) is 0. The van der Waals surface area contributed by atoms with Gasteiger partial charge in [0.05, 0.1) is 0 Å². The van der Waals surface area contributed by atoms with Gasteiger partial charge in [0.1, 0.15) is 0 Å². The van der Waals surface area contributed by atoms with Crippen molar-refractivity contribution < 1.29 is 0 Å². The third kappa shape index (κ3) is 2.71. The zero-order valence-electron chi connectivity index (χ0n) is 9.47. The van der Waals surface area contributed by atoms with E-state index in [1.165, 1.54) is 32.4 Å². The van der Waals surface area contributed by atoms with E-state index in [1.807, 2.05) is 12.2 Å². The Kier molecular flexibility index (Phi) is 4.40. The second kappa shape index (κ2) is 5.35. The molecule has 0 aromatic heterocycles. The topological polar surface area (TPSA) is 3.01 Å². The highest BCUT2D eigenvalue weighted by molar-refractivity contribution is 5.12. The molecule has 14 heavy (non-hydrogen) atoms. The second-order valence-electron chi connectivity index (χ2n) is 4.34. The van der Waals surface area contributed by atoms with Crippen LogP contribution in [0.25, 0.3) is 0 Å². The summed E-state index contributed by atoms with van der Waals surface area (Å²) in [5, 5.41) is 0. The maximum Gasteiger partial charge on any atom is 0.0405 e. The summed E-state index contributed by atoms with van der Waals surface area (Å²) in [7, 11) is 0. The lowest BCUT2D eigenvalue weighted by molar-refractivity contribution is 0.394. The van der Waals surface area contributed by atoms with Gasteiger partial charge < -0.3 is 0 Å². The van der Waals surface area contributed by atoms with Crippen molar-refractivity contribution in [2.45, 2.75) is 44.6 Å². The lowest BCUT2D eigenvalue weighted by atomic mass is 10.0. The van der Waals surface area contributed by atoms with E-state index in [-0.39, 0.29) is 0 Å². The molecule has 0 aromatic carbocycles. The van der Waals surface area contributed by atoms with E-state index >= 15 is 0 Å². The molecule has 1 nitrogen and oxygen atoms in total. The molecule has 0 spiro atoms. The summed E-state index contributed by atoms with van der Waals surface area (Å²) in [5.41, 5.74) is 0.414. The fourth-order valence-corrected chi connectivity index (χ4v) is 2.20. The minimum atomic E-state index is 0.414. The van der Waals surface area contributed by atoms with Crippen LogP contribution in [0.15, 0.2) is 25.3 Å². The summed E-state index contributed by atoms with van der Waals surface area (Å²) in [5.74, 6) is 0. The van der Waals surface area contributed by atoms with Crippen molar-refractivity contribution in [2.24, 2.45) is 0 Å². The first-order valence-electron chi connectivity index (χ1n) is 5.76. The van der Waals surface area contributed by atoms with Crippen molar-refractivity contribution in [3.63, 3.8) is 0 Å². The summed E-state index contributed by atoms with van der Waals surface area (Å²) in [6.45, 7) is 12.4. The van der Waals surface area contributed by atoms with Crippen LogP contribution in [0.5, 0.6) is 0 Å². The average Bonchev–Trinajstić information content (AvgIpc) is 2.81. The smallest absolute Gasteiger partial charge is 0.0405 e. The van der Waals surface area contributed by atoms with E-state index in [1.54, 1.807) is 0 Å². The Bertz CT molecular complexity index is 185. The van der Waals surface area contributed by atoms with Gasteiger partial charge in [-0.1, -0.05) is 31.9 Å². The molecule has 1 aliphatic heterocycles. The third-order valence-corrected chi connectivity index (χ3v) is 3.13. The Morgan fingerprint density at radius 1 is 1.21 bits per heavy atom. The van der Waals surface area contributed by atoms with Crippen LogP contribution in [0.4, 0.5) is 0 Å². The lowest BCUT2D eigenvalue weighted by Crippen LogP contribution is -2.17. The van der Waals surface area contributed by atoms with Gasteiger partial charge >= 0.3 is 0 Å². The SMILES string of the molecule is C=CCC1(CC=C)CN1CCCCC. The monoisotopic (exact) mass is 193 g/mol. The second-order valence-corrected chi connectivity index (χ2v) is 4.34. The van der Waals surface area contributed by atoms with E-state index in [0.717, 1.165) is 12.8 Å². The van der Waals surface area contributed by atoms with E-state index in [0.29, 0.717) is 5.54 Å². The van der Waals surface area contributed by atoms with Crippen LogP contribution in [0.3, 0.4) is 0 Å². The van der Waals surface area contributed by atoms with Crippen LogP contribution in [0.1, 0.15) is 39.0 Å². The fraction of sp³-hybridized carbons (Fsp3) is 0.692. The van der Waals surface area contributed by atoms with Crippen molar-refractivity contribution in [1.82, 2.24) is 4.90 Å². The Balaban J connectivity index is 2.28. The van der Waals surface area contributed by atoms with Crippen LogP contribution >= 0.6 is 0 Å². The standard InChI is InChI=1S/C13H23N/c1-4-7-8-11-14-12-13(14,9-5-2)10-6-3/h5-6H,2-4,7-12H2,1H3. The molecule has 1 heterocycles. The quantitative estimate of drug-likeness (QED) is 0.324. The molecule has 0 aromatic rings. The van der Waals surface area contributed by atoms with Gasteiger partial charge in [-0.2, -0.15) is 0 Å². The molecule has 0 N–H and O–H groups in total. The number of unbranched alkanes of at least 4 members (excludes halogenated alkanes) is 2. The molecule has 1 fully saturated rings. The van der Waals surface area contributed by atoms with Crippen molar-refractivity contribution in [1.29, 1.82) is 0 Å². The average molecular weight is 193 g/mol. The minimum absolute atomic E-state index is 0.414. The van der Waals surface area contributed by atoms with Gasteiger partial charge in [0.2, 0.25) is 0 Å². The first kappa shape index (κ1) is 11.5. The molecular weight excluding hydrogens is 170 g/mol. The van der Waals surface area contributed by atoms with Crippen LogP contribution in [-0.2, 0) is 0 Å². The third-order valence-electron chi connectivity index (χ3n) is 3.13. The van der Waals surface area contributed by atoms with E-state index < -0.39 is 0 Å². The predicted molar refractivity (Wildman–Crippen MR) is 63.5 cm³/mol.